The van der Waals surface area contributed by atoms with Gasteiger partial charge in [-0.1, -0.05) is 127 Å². The van der Waals surface area contributed by atoms with Crippen molar-refractivity contribution in [3.05, 3.63) is 58.1 Å². The molecule has 1 saturated carbocycles. The van der Waals surface area contributed by atoms with E-state index in [0.717, 1.165) is 43.7 Å². The van der Waals surface area contributed by atoms with Crippen LogP contribution in [-0.2, 0) is 16.6 Å². The van der Waals surface area contributed by atoms with Gasteiger partial charge in [0.05, 0.1) is 7.11 Å². The zero-order valence-corrected chi connectivity index (χ0v) is 28.0. The lowest BCUT2D eigenvalue weighted by atomic mass is 9.78. The Bertz CT molecular complexity index is 1140. The number of unbranched alkanes of at least 4 members (excludes halogenated alkanes) is 14. The highest BCUT2D eigenvalue weighted by atomic mass is 35.5. The number of likely N-dealkylation sites (N-methyl/N-ethyl adjacent to an activating group) is 1. The summed E-state index contributed by atoms with van der Waals surface area (Å²) in [6, 6.07) is 12.6. The molecule has 0 spiro atoms. The van der Waals surface area contributed by atoms with Crippen molar-refractivity contribution in [1.29, 1.82) is 0 Å². The number of carbonyl (C=O) groups is 1. The highest BCUT2D eigenvalue weighted by Crippen LogP contribution is 2.61. The van der Waals surface area contributed by atoms with Gasteiger partial charge in [0.2, 0.25) is 0 Å². The van der Waals surface area contributed by atoms with Crippen LogP contribution in [0.1, 0.15) is 145 Å². The number of halogens is 1. The number of ether oxygens (including phenoxy) is 2. The molecule has 0 saturated heterocycles. The summed E-state index contributed by atoms with van der Waals surface area (Å²) in [5.74, 6) is 1.03. The molecular formula is C38H56ClNO3. The molecule has 0 aromatic heterocycles. The van der Waals surface area contributed by atoms with E-state index in [0.29, 0.717) is 17.9 Å². The normalized spacial score (nSPS) is 17.4. The second-order valence-electron chi connectivity index (χ2n) is 13.1. The van der Waals surface area contributed by atoms with Crippen LogP contribution in [0.3, 0.4) is 0 Å². The van der Waals surface area contributed by atoms with Crippen LogP contribution in [0.25, 0.3) is 0 Å². The van der Waals surface area contributed by atoms with Crippen LogP contribution in [0, 0.1) is 0 Å². The molecule has 2 aliphatic rings. The topological polar surface area (TPSA) is 38.8 Å². The highest BCUT2D eigenvalue weighted by Gasteiger charge is 2.55. The summed E-state index contributed by atoms with van der Waals surface area (Å²) in [6.45, 7) is 3.26. The first-order chi connectivity index (χ1) is 21.0. The first kappa shape index (κ1) is 33.8. The van der Waals surface area contributed by atoms with Gasteiger partial charge in [-0.05, 0) is 67.6 Å². The van der Waals surface area contributed by atoms with Gasteiger partial charge in [-0.25, -0.2) is 0 Å². The largest absolute Gasteiger partial charge is 0.493 e. The number of rotatable bonds is 20. The van der Waals surface area contributed by atoms with Crippen molar-refractivity contribution in [2.75, 3.05) is 20.7 Å². The molecule has 238 valence electrons. The van der Waals surface area contributed by atoms with Gasteiger partial charge in [0.25, 0.3) is 0 Å². The summed E-state index contributed by atoms with van der Waals surface area (Å²) in [7, 11) is 3.86. The maximum atomic E-state index is 12.9. The molecule has 0 N–H and O–H groups in total. The van der Waals surface area contributed by atoms with Gasteiger partial charge >= 0.3 is 5.97 Å². The molecule has 4 nitrogen and oxygen atoms in total. The predicted molar refractivity (Wildman–Crippen MR) is 180 cm³/mol. The fraction of sp³-hybridized carbons (Fsp3) is 0.658. The Morgan fingerprint density at radius 3 is 2.00 bits per heavy atom. The van der Waals surface area contributed by atoms with E-state index < -0.39 is 0 Å². The van der Waals surface area contributed by atoms with E-state index in [4.69, 9.17) is 21.1 Å². The third-order valence-electron chi connectivity index (χ3n) is 9.83. The zero-order valence-electron chi connectivity index (χ0n) is 27.2. The molecular weight excluding hydrogens is 554 g/mol. The summed E-state index contributed by atoms with van der Waals surface area (Å²) in [6.07, 6.45) is 23.3. The van der Waals surface area contributed by atoms with Crippen molar-refractivity contribution in [1.82, 2.24) is 4.90 Å². The van der Waals surface area contributed by atoms with Gasteiger partial charge in [-0.2, -0.15) is 0 Å². The van der Waals surface area contributed by atoms with Crippen LogP contribution < -0.4 is 9.47 Å². The lowest BCUT2D eigenvalue weighted by molar-refractivity contribution is -0.134. The summed E-state index contributed by atoms with van der Waals surface area (Å²) < 4.78 is 11.7. The summed E-state index contributed by atoms with van der Waals surface area (Å²) in [4.78, 5) is 15.3. The van der Waals surface area contributed by atoms with E-state index in [1.807, 2.05) is 12.1 Å². The monoisotopic (exact) mass is 609 g/mol. The molecule has 4 rings (SSSR count). The Morgan fingerprint density at radius 2 is 1.44 bits per heavy atom. The quantitative estimate of drug-likeness (QED) is 0.0850. The van der Waals surface area contributed by atoms with Gasteiger partial charge in [-0.3, -0.25) is 9.69 Å². The van der Waals surface area contributed by atoms with Crippen LogP contribution in [0.5, 0.6) is 11.5 Å². The number of hydrogen-bond donors (Lipinski definition) is 0. The third kappa shape index (κ3) is 9.47. The van der Waals surface area contributed by atoms with E-state index >= 15 is 0 Å². The van der Waals surface area contributed by atoms with Crippen LogP contribution in [0.2, 0.25) is 5.02 Å². The molecule has 0 amide bonds. The molecule has 5 heteroatoms. The van der Waals surface area contributed by atoms with Crippen molar-refractivity contribution in [2.24, 2.45) is 0 Å². The molecule has 0 bridgehead atoms. The predicted octanol–water partition coefficient (Wildman–Crippen LogP) is 10.8. The lowest BCUT2D eigenvalue weighted by Gasteiger charge is -2.41. The summed E-state index contributed by atoms with van der Waals surface area (Å²) >= 11 is 6.72. The number of fused-ring (bicyclic) bond motifs is 1. The van der Waals surface area contributed by atoms with Crippen LogP contribution >= 0.6 is 11.6 Å². The van der Waals surface area contributed by atoms with E-state index in [-0.39, 0.29) is 17.4 Å². The van der Waals surface area contributed by atoms with Crippen molar-refractivity contribution in [3.63, 3.8) is 0 Å². The Kier molecular flexibility index (Phi) is 13.7. The molecule has 1 aliphatic carbocycles. The van der Waals surface area contributed by atoms with Gasteiger partial charge in [0, 0.05) is 29.4 Å². The number of methoxy groups -OCH3 is 1. The number of hydrogen-bond acceptors (Lipinski definition) is 4. The van der Waals surface area contributed by atoms with E-state index in [2.05, 4.69) is 43.1 Å². The summed E-state index contributed by atoms with van der Waals surface area (Å²) in [5, 5.41) is 0.837. The SMILES string of the molecule is CCCCCCCCCCCCCCCCCC(=O)Oc1cc2c(cc1OC)CCN(C)C2C1(c2ccccc2Cl)CC1. The van der Waals surface area contributed by atoms with Gasteiger partial charge < -0.3 is 9.47 Å². The standard InChI is InChI=1S/C38H56ClNO3/c1-4-5-6-7-8-9-10-11-12-13-14-15-16-17-18-23-36(41)43-35-29-31-30(28-34(35)42-3)24-27-40(2)37(31)38(25-26-38)32-21-19-20-22-33(32)39/h19-22,28-29,37H,4-18,23-27H2,1-3H3. The molecule has 1 fully saturated rings. The Balaban J connectivity index is 1.21. The van der Waals surface area contributed by atoms with E-state index in [9.17, 15) is 4.79 Å². The minimum atomic E-state index is -0.166. The Hall–Kier alpha value is -2.04. The van der Waals surface area contributed by atoms with Gasteiger partial charge in [0.15, 0.2) is 11.5 Å². The van der Waals surface area contributed by atoms with Crippen LogP contribution in [0.4, 0.5) is 0 Å². The first-order valence-electron chi connectivity index (χ1n) is 17.4. The van der Waals surface area contributed by atoms with Gasteiger partial charge in [-0.15, -0.1) is 0 Å². The second kappa shape index (κ2) is 17.4. The maximum Gasteiger partial charge on any atom is 0.311 e. The molecule has 1 unspecified atom stereocenters. The molecule has 1 atom stereocenters. The van der Waals surface area contributed by atoms with Crippen LogP contribution in [0.15, 0.2) is 36.4 Å². The third-order valence-corrected chi connectivity index (χ3v) is 10.2. The number of esters is 1. The van der Waals surface area contributed by atoms with Gasteiger partial charge in [0.1, 0.15) is 0 Å². The average Bonchev–Trinajstić information content (AvgIpc) is 3.80. The number of benzene rings is 2. The average molecular weight is 610 g/mol. The second-order valence-corrected chi connectivity index (χ2v) is 13.6. The van der Waals surface area contributed by atoms with Crippen LogP contribution in [-0.4, -0.2) is 31.6 Å². The fourth-order valence-corrected chi connectivity index (χ4v) is 7.54. The Morgan fingerprint density at radius 1 is 0.860 bits per heavy atom. The maximum absolute atomic E-state index is 12.9. The lowest BCUT2D eigenvalue weighted by Crippen LogP contribution is -2.39. The smallest absolute Gasteiger partial charge is 0.311 e. The fourth-order valence-electron chi connectivity index (χ4n) is 7.22. The molecule has 0 radical (unpaired) electrons. The number of nitrogens with zero attached hydrogens (tertiary/aromatic N) is 1. The molecule has 43 heavy (non-hydrogen) atoms. The molecule has 1 aliphatic heterocycles. The molecule has 2 aromatic rings. The van der Waals surface area contributed by atoms with Crippen molar-refractivity contribution >= 4 is 17.6 Å². The molecule has 1 heterocycles. The van der Waals surface area contributed by atoms with Crippen molar-refractivity contribution in [2.45, 2.75) is 140 Å². The Labute approximate surface area is 266 Å². The number of carbonyl (C=O) groups excluding carboxylic acids is 1. The van der Waals surface area contributed by atoms with E-state index in [1.54, 1.807) is 7.11 Å². The summed E-state index contributed by atoms with van der Waals surface area (Å²) in [5.41, 5.74) is 3.73. The van der Waals surface area contributed by atoms with Crippen molar-refractivity contribution < 1.29 is 14.3 Å². The van der Waals surface area contributed by atoms with E-state index in [1.165, 1.54) is 100 Å². The molecule has 2 aromatic carbocycles. The first-order valence-corrected chi connectivity index (χ1v) is 17.7. The minimum Gasteiger partial charge on any atom is -0.493 e. The minimum absolute atomic E-state index is 0.00792. The zero-order chi connectivity index (χ0) is 30.5. The van der Waals surface area contributed by atoms with Crippen molar-refractivity contribution in [3.8, 4) is 11.5 Å². The highest BCUT2D eigenvalue weighted by molar-refractivity contribution is 6.31.